The van der Waals surface area contributed by atoms with E-state index in [4.69, 9.17) is 4.42 Å². The van der Waals surface area contributed by atoms with Crippen LogP contribution in [0.5, 0.6) is 0 Å². The SMILES string of the molecule is c1ccc(-c2ccc(N(c3ccc(-c4cccc5c4sc4ccccc45)cc3)c3cccc4c3oc3c(-c5ccccc5)cccc34)cc2)cc1. The predicted molar refractivity (Wildman–Crippen MR) is 218 cm³/mol. The van der Waals surface area contributed by atoms with E-state index in [9.17, 15) is 0 Å². The summed E-state index contributed by atoms with van der Waals surface area (Å²) in [5, 5.41) is 4.83. The fourth-order valence-corrected chi connectivity index (χ4v) is 8.69. The van der Waals surface area contributed by atoms with Gasteiger partial charge in [-0.2, -0.15) is 0 Å². The van der Waals surface area contributed by atoms with E-state index in [0.29, 0.717) is 0 Å². The molecule has 2 aromatic heterocycles. The van der Waals surface area contributed by atoms with Crippen molar-refractivity contribution < 1.29 is 4.42 Å². The van der Waals surface area contributed by atoms with Crippen LogP contribution in [0.15, 0.2) is 192 Å². The zero-order chi connectivity index (χ0) is 33.7. The van der Waals surface area contributed by atoms with Gasteiger partial charge in [-0.25, -0.2) is 0 Å². The summed E-state index contributed by atoms with van der Waals surface area (Å²) >= 11 is 1.87. The second-order valence-electron chi connectivity index (χ2n) is 12.9. The van der Waals surface area contributed by atoms with Crippen LogP contribution in [0.4, 0.5) is 17.1 Å². The van der Waals surface area contributed by atoms with E-state index in [1.807, 2.05) is 11.3 Å². The first-order valence-electron chi connectivity index (χ1n) is 17.3. The van der Waals surface area contributed by atoms with Crippen molar-refractivity contribution in [3.63, 3.8) is 0 Å². The standard InChI is InChI=1S/C48H31NOS/c1-3-12-32(13-4-1)33-24-28-36(29-25-33)49(37-30-26-35(27-31-37)39-18-10-21-43-40-16-7-8-23-45(40)51-48(39)43)44-22-11-20-42-41-19-9-17-38(46(41)50-47(42)44)34-14-5-2-6-15-34/h1-31H. The molecule has 0 saturated carbocycles. The summed E-state index contributed by atoms with van der Waals surface area (Å²) in [5.74, 6) is 0. The molecule has 0 aliphatic heterocycles. The normalized spacial score (nSPS) is 11.5. The van der Waals surface area contributed by atoms with Crippen LogP contribution in [-0.4, -0.2) is 0 Å². The van der Waals surface area contributed by atoms with Gasteiger partial charge in [-0.1, -0.05) is 152 Å². The fraction of sp³-hybridized carbons (Fsp3) is 0. The Morgan fingerprint density at radius 1 is 0.353 bits per heavy atom. The number of thiophene rings is 1. The van der Waals surface area contributed by atoms with Gasteiger partial charge in [0.1, 0.15) is 5.58 Å². The number of anilines is 3. The van der Waals surface area contributed by atoms with Crippen molar-refractivity contribution in [3.05, 3.63) is 188 Å². The molecule has 0 saturated heterocycles. The number of fused-ring (bicyclic) bond motifs is 6. The molecule has 10 aromatic rings. The van der Waals surface area contributed by atoms with Crippen LogP contribution in [0.25, 0.3) is 75.5 Å². The van der Waals surface area contributed by atoms with Gasteiger partial charge in [0.05, 0.1) is 5.69 Å². The smallest absolute Gasteiger partial charge is 0.159 e. The van der Waals surface area contributed by atoms with Crippen LogP contribution >= 0.6 is 11.3 Å². The molecule has 10 rings (SSSR count). The van der Waals surface area contributed by atoms with E-state index < -0.39 is 0 Å². The van der Waals surface area contributed by atoms with E-state index in [-0.39, 0.29) is 0 Å². The minimum atomic E-state index is 0.863. The maximum Gasteiger partial charge on any atom is 0.159 e. The van der Waals surface area contributed by atoms with Crippen LogP contribution in [-0.2, 0) is 0 Å². The molecule has 0 fully saturated rings. The van der Waals surface area contributed by atoms with Gasteiger partial charge in [0.2, 0.25) is 0 Å². The summed E-state index contributed by atoms with van der Waals surface area (Å²) in [7, 11) is 0. The minimum absolute atomic E-state index is 0.863. The summed E-state index contributed by atoms with van der Waals surface area (Å²) in [6.07, 6.45) is 0. The predicted octanol–water partition coefficient (Wildman–Crippen LogP) is 14.4. The zero-order valence-corrected chi connectivity index (χ0v) is 28.5. The van der Waals surface area contributed by atoms with Crippen molar-refractivity contribution in [1.82, 2.24) is 0 Å². The third kappa shape index (κ3) is 5.01. The monoisotopic (exact) mass is 669 g/mol. The Bertz CT molecular complexity index is 2830. The Labute approximate surface area is 300 Å². The molecule has 8 aromatic carbocycles. The molecular weight excluding hydrogens is 639 g/mol. The lowest BCUT2D eigenvalue weighted by atomic mass is 10.0. The van der Waals surface area contributed by atoms with Crippen molar-refractivity contribution in [2.45, 2.75) is 0 Å². The lowest BCUT2D eigenvalue weighted by molar-refractivity contribution is 0.670. The molecule has 0 aliphatic rings. The Kier molecular flexibility index (Phi) is 7.04. The van der Waals surface area contributed by atoms with Gasteiger partial charge < -0.3 is 9.32 Å². The lowest BCUT2D eigenvalue weighted by Crippen LogP contribution is -2.10. The van der Waals surface area contributed by atoms with Gasteiger partial charge in [0, 0.05) is 47.9 Å². The van der Waals surface area contributed by atoms with Crippen molar-refractivity contribution in [1.29, 1.82) is 0 Å². The summed E-state index contributed by atoms with van der Waals surface area (Å²) < 4.78 is 9.55. The van der Waals surface area contributed by atoms with Crippen LogP contribution in [0.3, 0.4) is 0 Å². The number of rotatable bonds is 6. The summed E-state index contributed by atoms with van der Waals surface area (Å²) in [6, 6.07) is 67.1. The van der Waals surface area contributed by atoms with E-state index >= 15 is 0 Å². The van der Waals surface area contributed by atoms with Crippen LogP contribution in [0.2, 0.25) is 0 Å². The Morgan fingerprint density at radius 2 is 0.863 bits per heavy atom. The zero-order valence-electron chi connectivity index (χ0n) is 27.7. The maximum absolute atomic E-state index is 6.92. The van der Waals surface area contributed by atoms with Crippen LogP contribution in [0.1, 0.15) is 0 Å². The molecule has 0 amide bonds. The number of benzene rings is 8. The van der Waals surface area contributed by atoms with Gasteiger partial charge in [0.15, 0.2) is 5.58 Å². The highest BCUT2D eigenvalue weighted by Gasteiger charge is 2.21. The minimum Gasteiger partial charge on any atom is -0.453 e. The average Bonchev–Trinajstić information content (AvgIpc) is 3.79. The summed E-state index contributed by atoms with van der Waals surface area (Å²) in [6.45, 7) is 0. The number of nitrogens with zero attached hydrogens (tertiary/aromatic N) is 1. The molecule has 3 heteroatoms. The molecule has 0 spiro atoms. The Hall–Kier alpha value is -6.42. The second-order valence-corrected chi connectivity index (χ2v) is 13.9. The van der Waals surface area contributed by atoms with Gasteiger partial charge in [-0.15, -0.1) is 11.3 Å². The van der Waals surface area contributed by atoms with E-state index in [0.717, 1.165) is 50.1 Å². The van der Waals surface area contributed by atoms with E-state index in [1.165, 1.54) is 42.4 Å². The first-order valence-corrected chi connectivity index (χ1v) is 18.1. The largest absolute Gasteiger partial charge is 0.453 e. The summed E-state index contributed by atoms with van der Waals surface area (Å²) in [5.41, 5.74) is 11.9. The molecular formula is C48H31NOS. The van der Waals surface area contributed by atoms with Gasteiger partial charge >= 0.3 is 0 Å². The van der Waals surface area contributed by atoms with E-state index in [1.54, 1.807) is 0 Å². The highest BCUT2D eigenvalue weighted by Crippen LogP contribution is 2.45. The molecule has 240 valence electrons. The first kappa shape index (κ1) is 29.5. The molecule has 0 N–H and O–H groups in total. The van der Waals surface area contributed by atoms with Crippen molar-refractivity contribution >= 4 is 70.5 Å². The van der Waals surface area contributed by atoms with Gasteiger partial charge in [0.25, 0.3) is 0 Å². The third-order valence-corrected chi connectivity index (χ3v) is 11.1. The van der Waals surface area contributed by atoms with Gasteiger partial charge in [-0.3, -0.25) is 0 Å². The topological polar surface area (TPSA) is 16.4 Å². The average molecular weight is 670 g/mol. The molecule has 0 unspecified atom stereocenters. The quantitative estimate of drug-likeness (QED) is 0.175. The van der Waals surface area contributed by atoms with Gasteiger partial charge in [-0.05, 0) is 64.2 Å². The van der Waals surface area contributed by atoms with Crippen molar-refractivity contribution in [3.8, 4) is 33.4 Å². The lowest BCUT2D eigenvalue weighted by Gasteiger charge is -2.26. The van der Waals surface area contributed by atoms with Crippen LogP contribution < -0.4 is 4.90 Å². The molecule has 0 atom stereocenters. The Balaban J connectivity index is 1.14. The van der Waals surface area contributed by atoms with E-state index in [2.05, 4.69) is 193 Å². The number of hydrogen-bond donors (Lipinski definition) is 0. The molecule has 0 radical (unpaired) electrons. The molecule has 0 aliphatic carbocycles. The highest BCUT2D eigenvalue weighted by molar-refractivity contribution is 7.26. The molecule has 0 bridgehead atoms. The number of para-hydroxylation sites is 2. The van der Waals surface area contributed by atoms with Crippen molar-refractivity contribution in [2.24, 2.45) is 0 Å². The highest BCUT2D eigenvalue weighted by atomic mass is 32.1. The number of hydrogen-bond acceptors (Lipinski definition) is 3. The first-order chi connectivity index (χ1) is 25.3. The molecule has 51 heavy (non-hydrogen) atoms. The summed E-state index contributed by atoms with van der Waals surface area (Å²) in [4.78, 5) is 2.32. The number of furan rings is 1. The fourth-order valence-electron chi connectivity index (χ4n) is 7.45. The van der Waals surface area contributed by atoms with Crippen molar-refractivity contribution in [2.75, 3.05) is 4.90 Å². The second kappa shape index (κ2) is 12.2. The van der Waals surface area contributed by atoms with Crippen LogP contribution in [0, 0.1) is 0 Å². The molecule has 2 heterocycles. The maximum atomic E-state index is 6.92. The third-order valence-electron chi connectivity index (χ3n) is 9.90. The molecule has 2 nitrogen and oxygen atoms in total. The Morgan fingerprint density at radius 3 is 1.59 bits per heavy atom.